The number of carbonyl (C=O) groups is 1. The van der Waals surface area contributed by atoms with Gasteiger partial charge in [-0.25, -0.2) is 19.4 Å². The highest BCUT2D eigenvalue weighted by atomic mass is 16.4. The van der Waals surface area contributed by atoms with Crippen LogP contribution in [0.1, 0.15) is 31.6 Å². The molecular weight excluding hydrogens is 346 g/mol. The van der Waals surface area contributed by atoms with E-state index in [0.717, 1.165) is 11.0 Å². The zero-order chi connectivity index (χ0) is 19.0. The molecule has 0 aliphatic rings. The molecule has 27 heavy (non-hydrogen) atoms. The van der Waals surface area contributed by atoms with Crippen LogP contribution in [0.15, 0.2) is 43.0 Å². The predicted octanol–water partition coefficient (Wildman–Crippen LogP) is 2.47. The van der Waals surface area contributed by atoms with E-state index in [9.17, 15) is 9.90 Å². The van der Waals surface area contributed by atoms with Gasteiger partial charge in [0.1, 0.15) is 5.69 Å². The van der Waals surface area contributed by atoms with Crippen LogP contribution in [0.3, 0.4) is 0 Å². The van der Waals surface area contributed by atoms with Crippen molar-refractivity contribution in [3.05, 3.63) is 48.7 Å². The van der Waals surface area contributed by atoms with Gasteiger partial charge < -0.3 is 14.7 Å². The number of rotatable bonds is 6. The van der Waals surface area contributed by atoms with Crippen LogP contribution in [0.2, 0.25) is 0 Å². The first kappa shape index (κ1) is 17.0. The van der Waals surface area contributed by atoms with E-state index in [-0.39, 0.29) is 12.5 Å². The van der Waals surface area contributed by atoms with Crippen LogP contribution in [0, 0.1) is 0 Å². The Bertz CT molecular complexity index is 1080. The molecule has 9 nitrogen and oxygen atoms in total. The van der Waals surface area contributed by atoms with Crippen molar-refractivity contribution in [3.63, 3.8) is 0 Å². The van der Waals surface area contributed by atoms with Crippen molar-refractivity contribution in [2.24, 2.45) is 0 Å². The molecule has 0 radical (unpaired) electrons. The molecule has 0 aliphatic carbocycles. The summed E-state index contributed by atoms with van der Waals surface area (Å²) < 4.78 is 3.44. The van der Waals surface area contributed by atoms with Gasteiger partial charge >= 0.3 is 5.97 Å². The third-order valence-electron chi connectivity index (χ3n) is 4.42. The molecular formula is C18H19N7O2. The third kappa shape index (κ3) is 3.07. The van der Waals surface area contributed by atoms with Crippen molar-refractivity contribution >= 4 is 17.0 Å². The van der Waals surface area contributed by atoms with Crippen molar-refractivity contribution in [2.45, 2.75) is 32.4 Å². The van der Waals surface area contributed by atoms with Gasteiger partial charge in [-0.05, 0) is 26.0 Å². The summed E-state index contributed by atoms with van der Waals surface area (Å²) >= 11 is 0. The Balaban J connectivity index is 1.75. The number of nitrogens with one attached hydrogen (secondary N) is 1. The third-order valence-corrected chi connectivity index (χ3v) is 4.42. The second-order valence-corrected chi connectivity index (χ2v) is 6.61. The SMILES string of the molecule is CC(C)n1c(-c2cn(C(Cc3cnc[nH]3)C(=O)O)nn2)nc2ccccc21. The van der Waals surface area contributed by atoms with Crippen molar-refractivity contribution < 1.29 is 9.90 Å². The smallest absolute Gasteiger partial charge is 0.328 e. The highest BCUT2D eigenvalue weighted by Gasteiger charge is 2.24. The van der Waals surface area contributed by atoms with E-state index in [1.807, 2.05) is 24.3 Å². The molecule has 0 spiro atoms. The first-order valence-corrected chi connectivity index (χ1v) is 8.64. The molecule has 0 amide bonds. The van der Waals surface area contributed by atoms with Crippen LogP contribution >= 0.6 is 0 Å². The fraction of sp³-hybridized carbons (Fsp3) is 0.278. The highest BCUT2D eigenvalue weighted by Crippen LogP contribution is 2.27. The van der Waals surface area contributed by atoms with E-state index in [1.165, 1.54) is 11.0 Å². The summed E-state index contributed by atoms with van der Waals surface area (Å²) in [6.07, 6.45) is 4.99. The second kappa shape index (κ2) is 6.67. The molecule has 3 aromatic heterocycles. The summed E-state index contributed by atoms with van der Waals surface area (Å²) in [4.78, 5) is 23.3. The van der Waals surface area contributed by atoms with Crippen LogP contribution < -0.4 is 0 Å². The predicted molar refractivity (Wildman–Crippen MR) is 98.1 cm³/mol. The minimum atomic E-state index is -0.988. The van der Waals surface area contributed by atoms with Gasteiger partial charge in [0.15, 0.2) is 11.9 Å². The number of imidazole rings is 2. The van der Waals surface area contributed by atoms with Crippen molar-refractivity contribution in [3.8, 4) is 11.5 Å². The van der Waals surface area contributed by atoms with Gasteiger partial charge in [-0.2, -0.15) is 0 Å². The lowest BCUT2D eigenvalue weighted by molar-refractivity contribution is -0.141. The summed E-state index contributed by atoms with van der Waals surface area (Å²) in [6.45, 7) is 4.14. The van der Waals surface area contributed by atoms with Crippen LogP contribution in [0.25, 0.3) is 22.6 Å². The number of H-pyrrole nitrogens is 1. The Morgan fingerprint density at radius 1 is 1.30 bits per heavy atom. The molecule has 0 aliphatic heterocycles. The van der Waals surface area contributed by atoms with E-state index in [4.69, 9.17) is 0 Å². The molecule has 3 heterocycles. The Kier molecular flexibility index (Phi) is 4.19. The van der Waals surface area contributed by atoms with Gasteiger partial charge in [-0.15, -0.1) is 5.10 Å². The topological polar surface area (TPSA) is 115 Å². The lowest BCUT2D eigenvalue weighted by atomic mass is 10.2. The molecule has 138 valence electrons. The van der Waals surface area contributed by atoms with Gasteiger partial charge in [0.05, 0.1) is 23.6 Å². The fourth-order valence-corrected chi connectivity index (χ4v) is 3.18. The Morgan fingerprint density at radius 3 is 2.81 bits per heavy atom. The molecule has 1 unspecified atom stereocenters. The van der Waals surface area contributed by atoms with E-state index in [0.29, 0.717) is 17.2 Å². The average Bonchev–Trinajstić information content (AvgIpc) is 3.37. The lowest BCUT2D eigenvalue weighted by Crippen LogP contribution is -2.22. The molecule has 9 heteroatoms. The van der Waals surface area contributed by atoms with E-state index >= 15 is 0 Å². The molecule has 1 atom stereocenters. The van der Waals surface area contributed by atoms with Crippen LogP contribution in [0.4, 0.5) is 0 Å². The van der Waals surface area contributed by atoms with Crippen LogP contribution in [0.5, 0.6) is 0 Å². The average molecular weight is 365 g/mol. The maximum Gasteiger partial charge on any atom is 0.328 e. The molecule has 0 saturated heterocycles. The minimum absolute atomic E-state index is 0.165. The lowest BCUT2D eigenvalue weighted by Gasteiger charge is -2.12. The summed E-state index contributed by atoms with van der Waals surface area (Å²) in [6, 6.07) is 7.14. The van der Waals surface area contributed by atoms with Gasteiger partial charge in [-0.1, -0.05) is 17.3 Å². The molecule has 4 rings (SSSR count). The number of aromatic nitrogens is 7. The van der Waals surface area contributed by atoms with E-state index in [2.05, 4.69) is 43.7 Å². The number of carboxylic acids is 1. The maximum absolute atomic E-state index is 11.7. The summed E-state index contributed by atoms with van der Waals surface area (Å²) in [5, 5.41) is 17.9. The highest BCUT2D eigenvalue weighted by molar-refractivity contribution is 5.80. The Hall–Kier alpha value is -3.49. The second-order valence-electron chi connectivity index (χ2n) is 6.61. The molecule has 4 aromatic rings. The number of nitrogens with zero attached hydrogens (tertiary/aromatic N) is 6. The van der Waals surface area contributed by atoms with Crippen LogP contribution in [-0.2, 0) is 11.2 Å². The number of carboxylic acid groups (broad SMARTS) is 1. The summed E-state index contributed by atoms with van der Waals surface area (Å²) in [5.41, 5.74) is 3.12. The van der Waals surface area contributed by atoms with Gasteiger partial charge in [0, 0.05) is 24.4 Å². The zero-order valence-electron chi connectivity index (χ0n) is 14.9. The number of fused-ring (bicyclic) bond motifs is 1. The van der Waals surface area contributed by atoms with Crippen LogP contribution in [-0.4, -0.2) is 45.6 Å². The zero-order valence-corrected chi connectivity index (χ0v) is 14.9. The standard InChI is InChI=1S/C18H19N7O2/c1-11(2)25-15-6-4-3-5-13(15)21-17(25)14-9-24(23-22-14)16(18(26)27)7-12-8-19-10-20-12/h3-6,8-11,16H,7H2,1-2H3,(H,19,20)(H,26,27). The number of para-hydroxylation sites is 2. The minimum Gasteiger partial charge on any atom is -0.480 e. The summed E-state index contributed by atoms with van der Waals surface area (Å²) in [5.74, 6) is -0.318. The first-order chi connectivity index (χ1) is 13.0. The number of benzene rings is 1. The Morgan fingerprint density at radius 2 is 2.11 bits per heavy atom. The molecule has 1 aromatic carbocycles. The Labute approximate surface area is 154 Å². The maximum atomic E-state index is 11.7. The number of aromatic amines is 1. The number of hydrogen-bond donors (Lipinski definition) is 2. The number of aliphatic carboxylic acids is 1. The largest absolute Gasteiger partial charge is 0.480 e. The fourth-order valence-electron chi connectivity index (χ4n) is 3.18. The number of hydrogen-bond acceptors (Lipinski definition) is 5. The molecule has 0 bridgehead atoms. The summed E-state index contributed by atoms with van der Waals surface area (Å²) in [7, 11) is 0. The molecule has 0 fully saturated rings. The van der Waals surface area contributed by atoms with Gasteiger partial charge in [0.25, 0.3) is 0 Å². The van der Waals surface area contributed by atoms with Crippen molar-refractivity contribution in [2.75, 3.05) is 0 Å². The van der Waals surface area contributed by atoms with Gasteiger partial charge in [-0.3, -0.25) is 0 Å². The van der Waals surface area contributed by atoms with E-state index in [1.54, 1.807) is 12.4 Å². The first-order valence-electron chi connectivity index (χ1n) is 8.64. The normalized spacial score (nSPS) is 12.7. The monoisotopic (exact) mass is 365 g/mol. The van der Waals surface area contributed by atoms with E-state index < -0.39 is 12.0 Å². The molecule has 2 N–H and O–H groups in total. The quantitative estimate of drug-likeness (QED) is 0.542. The van der Waals surface area contributed by atoms with Crippen molar-refractivity contribution in [1.29, 1.82) is 0 Å². The molecule has 0 saturated carbocycles. The van der Waals surface area contributed by atoms with Crippen molar-refractivity contribution in [1.82, 2.24) is 34.5 Å². The van der Waals surface area contributed by atoms with Gasteiger partial charge in [0.2, 0.25) is 0 Å².